The first-order valence-corrected chi connectivity index (χ1v) is 10.9. The Labute approximate surface area is 197 Å². The molecule has 0 aromatic heterocycles. The van der Waals surface area contributed by atoms with Crippen LogP contribution in [0.3, 0.4) is 0 Å². The fourth-order valence-corrected chi connectivity index (χ4v) is 2.61. The topological polar surface area (TPSA) is 129 Å². The Bertz CT molecular complexity index is 973. The van der Waals surface area contributed by atoms with E-state index in [4.69, 9.17) is 16.9 Å². The second-order valence-corrected chi connectivity index (χ2v) is 7.31. The van der Waals surface area contributed by atoms with Gasteiger partial charge in [0.2, 0.25) is 0 Å². The Hall–Kier alpha value is -3.71. The number of nitrogen functional groups attached to an aromatic ring is 1. The van der Waals surface area contributed by atoms with Crippen molar-refractivity contribution in [2.24, 2.45) is 10.7 Å². The van der Waals surface area contributed by atoms with E-state index in [9.17, 15) is 4.79 Å². The molecule has 0 spiro atoms. The van der Waals surface area contributed by atoms with Gasteiger partial charge < -0.3 is 22.3 Å². The maximum absolute atomic E-state index is 10.2. The first kappa shape index (κ1) is 27.3. The second kappa shape index (κ2) is 15.2. The number of hydrogen-bond donors (Lipinski definition) is 5. The minimum absolute atomic E-state index is 0.440. The summed E-state index contributed by atoms with van der Waals surface area (Å²) in [5.41, 5.74) is 22.8. The summed E-state index contributed by atoms with van der Waals surface area (Å²) in [6, 6.07) is 13.2. The maximum atomic E-state index is 10.2. The summed E-state index contributed by atoms with van der Waals surface area (Å²) in [5.74, 6) is 0.764. The van der Waals surface area contributed by atoms with Crippen LogP contribution >= 0.6 is 0 Å². The van der Waals surface area contributed by atoms with Crippen molar-refractivity contribution in [3.63, 3.8) is 0 Å². The number of amidine groups is 1. The zero-order chi connectivity index (χ0) is 24.6. The highest BCUT2D eigenvalue weighted by atomic mass is 16.1. The highest BCUT2D eigenvalue weighted by Crippen LogP contribution is 2.17. The predicted molar refractivity (Wildman–Crippen MR) is 140 cm³/mol. The maximum Gasteiger partial charge on any atom is 0.150 e. The Balaban J connectivity index is 0.000000325. The molecule has 0 radical (unpaired) electrons. The molecule has 2 aromatic carbocycles. The van der Waals surface area contributed by atoms with E-state index in [1.165, 1.54) is 5.56 Å². The number of aldehydes is 1. The Morgan fingerprint density at radius 3 is 2.36 bits per heavy atom. The fourth-order valence-electron chi connectivity index (χ4n) is 2.61. The molecule has 1 aliphatic heterocycles. The van der Waals surface area contributed by atoms with Gasteiger partial charge in [0.05, 0.1) is 0 Å². The molecule has 176 valence electrons. The average Bonchev–Trinajstić information content (AvgIpc) is 3.38. The van der Waals surface area contributed by atoms with E-state index in [2.05, 4.69) is 36.3 Å². The van der Waals surface area contributed by atoms with E-state index in [-0.39, 0.29) is 0 Å². The number of allylic oxidation sites excluding steroid dienone is 3. The van der Waals surface area contributed by atoms with Crippen LogP contribution in [0, 0.1) is 5.41 Å². The summed E-state index contributed by atoms with van der Waals surface area (Å²) >= 11 is 0. The quantitative estimate of drug-likeness (QED) is 0.186. The summed E-state index contributed by atoms with van der Waals surface area (Å²) in [5, 5.41) is 8.08. The third-order valence-electron chi connectivity index (χ3n) is 4.62. The van der Waals surface area contributed by atoms with Gasteiger partial charge in [-0.1, -0.05) is 50.3 Å². The van der Waals surface area contributed by atoms with Crippen molar-refractivity contribution in [2.75, 3.05) is 12.4 Å². The molecule has 2 aromatic rings. The number of rotatable bonds is 7. The number of nitrogens with two attached hydrogens (primary N) is 2. The van der Waals surface area contributed by atoms with Crippen molar-refractivity contribution >= 4 is 23.5 Å². The third kappa shape index (κ3) is 9.97. The van der Waals surface area contributed by atoms with Crippen LogP contribution in [0.4, 0.5) is 5.69 Å². The molecule has 1 heterocycles. The summed E-state index contributed by atoms with van der Waals surface area (Å²) in [6.45, 7) is 9.98. The molecular weight excluding hydrogens is 412 g/mol. The molecule has 0 aliphatic carbocycles. The van der Waals surface area contributed by atoms with E-state index in [1.54, 1.807) is 19.1 Å². The monoisotopic (exact) mass is 448 g/mol. The lowest BCUT2D eigenvalue weighted by Gasteiger charge is -2.09. The molecule has 7 N–H and O–H groups in total. The van der Waals surface area contributed by atoms with Crippen molar-refractivity contribution in [3.8, 4) is 0 Å². The van der Waals surface area contributed by atoms with Crippen LogP contribution in [0.2, 0.25) is 0 Å². The van der Waals surface area contributed by atoms with Crippen molar-refractivity contribution in [1.29, 1.82) is 5.41 Å². The molecule has 0 unspecified atom stereocenters. The molecule has 0 saturated heterocycles. The molecular formula is C26H36N6O. The van der Waals surface area contributed by atoms with Crippen LogP contribution in [0.15, 0.2) is 71.9 Å². The molecule has 0 fully saturated rings. The molecule has 3 rings (SSSR count). The number of carbonyl (C=O) groups is 1. The van der Waals surface area contributed by atoms with Gasteiger partial charge >= 0.3 is 0 Å². The SMILES string of the molecule is C/C(N)=C\CC(=N)c1cc(C2=NCNN2)ccc1N.C=CCC.CCc1ccc(C=O)cc1. The van der Waals surface area contributed by atoms with Crippen LogP contribution in [0.1, 0.15) is 60.7 Å². The van der Waals surface area contributed by atoms with Gasteiger partial charge in [-0.15, -0.1) is 6.58 Å². The van der Waals surface area contributed by atoms with Crippen LogP contribution in [-0.2, 0) is 6.42 Å². The highest BCUT2D eigenvalue weighted by molar-refractivity contribution is 6.07. The van der Waals surface area contributed by atoms with Crippen molar-refractivity contribution in [1.82, 2.24) is 10.9 Å². The minimum Gasteiger partial charge on any atom is -0.403 e. The number of aliphatic imine (C=N–C) groups is 1. The summed E-state index contributed by atoms with van der Waals surface area (Å²) < 4.78 is 0. The molecule has 0 bridgehead atoms. The molecule has 7 nitrogen and oxygen atoms in total. The Morgan fingerprint density at radius 2 is 1.88 bits per heavy atom. The van der Waals surface area contributed by atoms with Gasteiger partial charge in [-0.2, -0.15) is 0 Å². The predicted octanol–water partition coefficient (Wildman–Crippen LogP) is 4.35. The number of hydrogen-bond acceptors (Lipinski definition) is 7. The lowest BCUT2D eigenvalue weighted by molar-refractivity contribution is 0.112. The van der Waals surface area contributed by atoms with Crippen molar-refractivity contribution in [3.05, 3.63) is 89.1 Å². The number of benzene rings is 2. The van der Waals surface area contributed by atoms with Gasteiger partial charge in [0, 0.05) is 40.2 Å². The van der Waals surface area contributed by atoms with Gasteiger partial charge in [-0.25, -0.2) is 10.4 Å². The molecule has 0 atom stereocenters. The zero-order valence-electron chi connectivity index (χ0n) is 19.8. The van der Waals surface area contributed by atoms with Gasteiger partial charge in [0.1, 0.15) is 18.8 Å². The minimum atomic E-state index is 0.440. The first-order valence-electron chi connectivity index (χ1n) is 10.9. The van der Waals surface area contributed by atoms with Crippen LogP contribution in [-0.4, -0.2) is 24.5 Å². The van der Waals surface area contributed by atoms with E-state index in [0.717, 1.165) is 36.1 Å². The lowest BCUT2D eigenvalue weighted by Crippen LogP contribution is -2.30. The van der Waals surface area contributed by atoms with Gasteiger partial charge in [0.25, 0.3) is 0 Å². The van der Waals surface area contributed by atoms with Crippen molar-refractivity contribution in [2.45, 2.75) is 40.0 Å². The number of carbonyl (C=O) groups excluding carboxylic acids is 1. The Morgan fingerprint density at radius 1 is 1.21 bits per heavy atom. The van der Waals surface area contributed by atoms with Crippen LogP contribution < -0.4 is 22.3 Å². The second-order valence-electron chi connectivity index (χ2n) is 7.31. The molecule has 0 saturated carbocycles. The smallest absolute Gasteiger partial charge is 0.150 e. The molecule has 33 heavy (non-hydrogen) atoms. The number of hydrazine groups is 1. The average molecular weight is 449 g/mol. The van der Waals surface area contributed by atoms with E-state index < -0.39 is 0 Å². The normalized spacial score (nSPS) is 12.2. The number of anilines is 1. The first-order chi connectivity index (χ1) is 15.9. The third-order valence-corrected chi connectivity index (χ3v) is 4.62. The Kier molecular flexibility index (Phi) is 12.5. The van der Waals surface area contributed by atoms with E-state index >= 15 is 0 Å². The van der Waals surface area contributed by atoms with Gasteiger partial charge in [-0.3, -0.25) is 4.79 Å². The summed E-state index contributed by atoms with van der Waals surface area (Å²) in [7, 11) is 0. The van der Waals surface area contributed by atoms with Gasteiger partial charge in [-0.05, 0) is 43.5 Å². The number of aryl methyl sites for hydroxylation is 1. The van der Waals surface area contributed by atoms with Crippen LogP contribution in [0.25, 0.3) is 0 Å². The number of nitrogens with zero attached hydrogens (tertiary/aromatic N) is 1. The summed E-state index contributed by atoms with van der Waals surface area (Å²) in [6.07, 6.45) is 7.12. The molecule has 1 aliphatic rings. The van der Waals surface area contributed by atoms with Crippen molar-refractivity contribution < 1.29 is 4.79 Å². The molecule has 7 heteroatoms. The summed E-state index contributed by atoms with van der Waals surface area (Å²) in [4.78, 5) is 14.5. The highest BCUT2D eigenvalue weighted by Gasteiger charge is 2.11. The van der Waals surface area contributed by atoms with E-state index in [1.807, 2.05) is 42.5 Å². The zero-order valence-corrected chi connectivity index (χ0v) is 19.8. The van der Waals surface area contributed by atoms with E-state index in [0.29, 0.717) is 35.7 Å². The number of nitrogens with one attached hydrogen (secondary N) is 3. The van der Waals surface area contributed by atoms with Gasteiger partial charge in [0.15, 0.2) is 0 Å². The standard InChI is InChI=1S/C13H18N6.C9H10O.C4H8/c1-8(14)2-4-11(15)10-6-9(3-5-12(10)16)13-17-7-18-19-13;1-2-8-3-5-9(7-10)6-4-8;1-3-4-2/h2-3,5-6,15,18H,4,7,14,16H2,1H3,(H,17,19);3-7H,2H2,1H3;3H,1,4H2,2H3/b8-2+,15-11?;;. The van der Waals surface area contributed by atoms with Crippen LogP contribution in [0.5, 0.6) is 0 Å². The largest absolute Gasteiger partial charge is 0.403 e. The lowest BCUT2D eigenvalue weighted by atomic mass is 10.0. The molecule has 0 amide bonds. The fraction of sp³-hybridized carbons (Fsp3) is 0.269.